The first-order chi connectivity index (χ1) is 17.0. The van der Waals surface area contributed by atoms with E-state index in [1.54, 1.807) is 0 Å². The lowest BCUT2D eigenvalue weighted by Crippen LogP contribution is -2.04. The molecule has 0 bridgehead atoms. The maximum atomic E-state index is 10.2. The quantitative estimate of drug-likeness (QED) is 0.0557. The Morgan fingerprint density at radius 2 is 0.605 bits per heavy atom. The van der Waals surface area contributed by atoms with Gasteiger partial charge in [0.15, 0.2) is 0 Å². The summed E-state index contributed by atoms with van der Waals surface area (Å²) in [4.78, 5) is 0. The Hall–Kier alpha value is -0.340. The Balaban J connectivity index is -0.000000157. The lowest BCUT2D eigenvalue weighted by molar-refractivity contribution is 0.261. The summed E-state index contributed by atoms with van der Waals surface area (Å²) in [6, 6.07) is 0. The number of rotatable bonds is 23. The molecule has 0 aliphatic carbocycles. The zero-order valence-corrected chi connectivity index (χ0v) is 26.5. The van der Waals surface area contributed by atoms with Gasteiger partial charge in [-0.2, -0.15) is 16.8 Å². The summed E-state index contributed by atoms with van der Waals surface area (Å²) in [5.41, 5.74) is 0. The van der Waals surface area contributed by atoms with Gasteiger partial charge in [-0.15, -0.1) is 0 Å². The van der Waals surface area contributed by atoms with Crippen molar-refractivity contribution in [3.63, 3.8) is 0 Å². The van der Waals surface area contributed by atoms with E-state index in [-0.39, 0.29) is 18.9 Å². The maximum Gasteiger partial charge on any atom is 0.397 e. The lowest BCUT2D eigenvalue weighted by Gasteiger charge is -2.02. The van der Waals surface area contributed by atoms with Gasteiger partial charge in [0.2, 0.25) is 0 Å². The highest BCUT2D eigenvalue weighted by Gasteiger charge is 2.02. The molecule has 0 saturated heterocycles. The third-order valence-electron chi connectivity index (χ3n) is 5.69. The second-order valence-corrected chi connectivity index (χ2v) is 11.4. The van der Waals surface area contributed by atoms with Gasteiger partial charge in [-0.1, -0.05) is 156 Å². The first kappa shape index (κ1) is 47.4. The van der Waals surface area contributed by atoms with Crippen LogP contribution in [0, 0.1) is 0 Å². The Morgan fingerprint density at radius 3 is 0.789 bits per heavy atom. The Morgan fingerprint density at radius 1 is 0.421 bits per heavy atom. The second-order valence-electron chi connectivity index (χ2n) is 9.42. The summed E-state index contributed by atoms with van der Waals surface area (Å²) < 4.78 is 64.6. The number of hydrogen-bond acceptors (Lipinski definition) is 7. The third-order valence-corrected chi connectivity index (χ3v) is 6.15. The molecule has 0 amide bonds. The molecule has 0 unspecified atom stereocenters. The van der Waals surface area contributed by atoms with Crippen molar-refractivity contribution in [2.24, 2.45) is 0 Å². The molecule has 9 N–H and O–H groups in total. The highest BCUT2D eigenvalue weighted by molar-refractivity contribution is 7.80. The Kier molecular flexibility index (Phi) is 45.8. The minimum atomic E-state index is -4.67. The molecule has 12 heteroatoms. The molecule has 0 radical (unpaired) electrons. The summed E-state index contributed by atoms with van der Waals surface area (Å²) in [6.07, 6.45) is 29.3. The van der Waals surface area contributed by atoms with Crippen molar-refractivity contribution in [2.45, 2.75) is 162 Å². The fourth-order valence-corrected chi connectivity index (χ4v) is 4.00. The van der Waals surface area contributed by atoms with E-state index in [4.69, 9.17) is 22.1 Å². The summed E-state index contributed by atoms with van der Waals surface area (Å²) in [5.74, 6) is 0. The molecule has 0 aliphatic heterocycles. The molecule has 0 fully saturated rings. The molecule has 0 spiro atoms. The average Bonchev–Trinajstić information content (AvgIpc) is 2.77. The van der Waals surface area contributed by atoms with Crippen LogP contribution in [0.25, 0.3) is 0 Å². The van der Waals surface area contributed by atoms with Crippen LogP contribution >= 0.6 is 0 Å². The molecule has 10 nitrogen and oxygen atoms in total. The third kappa shape index (κ3) is 70.4. The largest absolute Gasteiger partial charge is 0.397 e. The molecule has 0 aliphatic rings. The first-order valence-electron chi connectivity index (χ1n) is 14.3. The molecular weight excluding hydrogens is 532 g/mol. The zero-order chi connectivity index (χ0) is 28.0. The Bertz CT molecular complexity index is 599. The highest BCUT2D eigenvalue weighted by atomic mass is 32.3. The van der Waals surface area contributed by atoms with Crippen molar-refractivity contribution in [2.75, 3.05) is 6.61 Å². The summed E-state index contributed by atoms with van der Waals surface area (Å²) in [6.45, 7) is 6.88. The molecule has 238 valence electrons. The van der Waals surface area contributed by atoms with Crippen molar-refractivity contribution < 1.29 is 34.7 Å². The van der Waals surface area contributed by atoms with Crippen LogP contribution in [0.5, 0.6) is 0 Å². The summed E-state index contributed by atoms with van der Waals surface area (Å²) >= 11 is 0. The predicted molar refractivity (Wildman–Crippen MR) is 160 cm³/mol. The molecular formula is C26H64N2O8S2. The van der Waals surface area contributed by atoms with Crippen molar-refractivity contribution in [1.82, 2.24) is 12.3 Å². The number of hydrogen-bond donors (Lipinski definition) is 5. The monoisotopic (exact) mass is 596 g/mol. The minimum absolute atomic E-state index is 0. The van der Waals surface area contributed by atoms with Crippen LogP contribution < -0.4 is 12.3 Å². The molecule has 0 aromatic carbocycles. The van der Waals surface area contributed by atoms with E-state index in [0.29, 0.717) is 6.42 Å². The predicted octanol–water partition coefficient (Wildman–Crippen LogP) is 9.11. The second kappa shape index (κ2) is 36.7. The molecule has 0 aromatic heterocycles. The molecule has 0 heterocycles. The topological polar surface area (TPSA) is 208 Å². The highest BCUT2D eigenvalue weighted by Crippen LogP contribution is 2.12. The maximum absolute atomic E-state index is 10.2. The summed E-state index contributed by atoms with van der Waals surface area (Å²) in [5, 5.41) is 0. The van der Waals surface area contributed by atoms with Crippen molar-refractivity contribution in [3.8, 4) is 0 Å². The van der Waals surface area contributed by atoms with Crippen LogP contribution in [-0.4, -0.2) is 37.1 Å². The molecule has 0 saturated carbocycles. The van der Waals surface area contributed by atoms with Gasteiger partial charge in [0.25, 0.3) is 0 Å². The fraction of sp³-hybridized carbons (Fsp3) is 1.00. The minimum Gasteiger partial charge on any atom is -0.344 e. The smallest absolute Gasteiger partial charge is 0.344 e. The van der Waals surface area contributed by atoms with Gasteiger partial charge in [0, 0.05) is 0 Å². The van der Waals surface area contributed by atoms with Gasteiger partial charge in [-0.3, -0.25) is 13.7 Å². The van der Waals surface area contributed by atoms with Gasteiger partial charge >= 0.3 is 20.8 Å². The lowest BCUT2D eigenvalue weighted by atomic mass is 10.1. The van der Waals surface area contributed by atoms with Gasteiger partial charge < -0.3 is 12.3 Å². The van der Waals surface area contributed by atoms with Crippen molar-refractivity contribution >= 4 is 20.8 Å². The van der Waals surface area contributed by atoms with E-state index in [1.165, 1.54) is 122 Å². The van der Waals surface area contributed by atoms with Crippen LogP contribution in [0.2, 0.25) is 0 Å². The normalized spacial score (nSPS) is 10.8. The van der Waals surface area contributed by atoms with Gasteiger partial charge in [-0.25, -0.2) is 4.18 Å². The van der Waals surface area contributed by atoms with Gasteiger partial charge in [-0.05, 0) is 6.42 Å². The van der Waals surface area contributed by atoms with Crippen molar-refractivity contribution in [3.05, 3.63) is 0 Å². The molecule has 0 atom stereocenters. The van der Waals surface area contributed by atoms with Gasteiger partial charge in [0.1, 0.15) is 0 Å². The standard InChI is InChI=1S/C14H30.C12H26O4S.2H3N.H2O4S/c1-3-5-7-9-11-13-14-12-10-8-6-4-2;1-2-3-4-5-6-7-8-9-10-11-12-16-17(13,14)15;;;1-5(2,3)4/h3-14H2,1-2H3;2-12H2,1H3,(H,13,14,15);2*1H3;(H2,1,2,3,4). The van der Waals surface area contributed by atoms with Crippen LogP contribution in [0.1, 0.15) is 162 Å². The van der Waals surface area contributed by atoms with E-state index < -0.39 is 20.8 Å². The van der Waals surface area contributed by atoms with Crippen LogP contribution in [-0.2, 0) is 25.0 Å². The molecule has 38 heavy (non-hydrogen) atoms. The van der Waals surface area contributed by atoms with E-state index >= 15 is 0 Å². The first-order valence-corrected chi connectivity index (χ1v) is 17.1. The SMILES string of the molecule is CCCCCCCCCCCCCC.CCCCCCCCCCCCOS(=O)(=O)O.N.N.O=S(=O)(O)O. The van der Waals surface area contributed by atoms with Crippen LogP contribution in [0.15, 0.2) is 0 Å². The van der Waals surface area contributed by atoms with E-state index in [2.05, 4.69) is 25.0 Å². The van der Waals surface area contributed by atoms with Crippen LogP contribution in [0.3, 0.4) is 0 Å². The fourth-order valence-electron chi connectivity index (χ4n) is 3.67. The van der Waals surface area contributed by atoms with E-state index in [0.717, 1.165) is 12.8 Å². The number of unbranched alkanes of at least 4 members (excludes halogenated alkanes) is 20. The zero-order valence-electron chi connectivity index (χ0n) is 24.9. The van der Waals surface area contributed by atoms with Crippen molar-refractivity contribution in [1.29, 1.82) is 0 Å². The average molecular weight is 597 g/mol. The Labute approximate surface area is 236 Å². The van der Waals surface area contributed by atoms with E-state index in [1.807, 2.05) is 0 Å². The van der Waals surface area contributed by atoms with Gasteiger partial charge in [0.05, 0.1) is 6.61 Å². The molecule has 0 aromatic rings. The molecule has 0 rings (SSSR count). The van der Waals surface area contributed by atoms with Crippen LogP contribution in [0.4, 0.5) is 0 Å². The van der Waals surface area contributed by atoms with E-state index in [9.17, 15) is 8.42 Å². The summed E-state index contributed by atoms with van der Waals surface area (Å²) in [7, 11) is -8.90.